The summed E-state index contributed by atoms with van der Waals surface area (Å²) in [6, 6.07) is 13.3. The molecule has 0 aliphatic rings. The van der Waals surface area contributed by atoms with Crippen molar-refractivity contribution in [3.8, 4) is 5.75 Å². The van der Waals surface area contributed by atoms with Gasteiger partial charge >= 0.3 is 0 Å². The summed E-state index contributed by atoms with van der Waals surface area (Å²) in [5, 5.41) is 11.6. The number of pyridine rings is 1. The number of aromatic hydroxyl groups is 1. The zero-order chi connectivity index (χ0) is 17.1. The van der Waals surface area contributed by atoms with Gasteiger partial charge in [-0.3, -0.25) is 4.79 Å². The predicted molar refractivity (Wildman–Crippen MR) is 102 cm³/mol. The molecule has 0 amide bonds. The number of aromatic nitrogens is 1. The number of fused-ring (bicyclic) bond motifs is 1. The number of hydrogen-bond acceptors (Lipinski definition) is 3. The molecule has 6 heteroatoms. The zero-order valence-corrected chi connectivity index (χ0v) is 15.0. The van der Waals surface area contributed by atoms with Crippen molar-refractivity contribution in [2.24, 2.45) is 0 Å². The maximum absolute atomic E-state index is 12.2. The van der Waals surface area contributed by atoms with Crippen molar-refractivity contribution in [3.63, 3.8) is 0 Å². The Hall–Kier alpha value is -1.62. The fourth-order valence-electron chi connectivity index (χ4n) is 2.54. The standard InChI is InChI=1S/C18H15Cl2NO2S/c19-12-9-13(20)15-14(10-12)21-18(23)17(16(15)22)24-8-4-7-11-5-2-1-3-6-11/h1-3,5-6,9-10H,4,7-8H2,(H2,21,22,23). The fraction of sp³-hybridized carbons (Fsp3) is 0.167. The second-order valence-corrected chi connectivity index (χ2v) is 7.33. The number of H-pyrrole nitrogens is 1. The van der Waals surface area contributed by atoms with Crippen LogP contribution in [0.2, 0.25) is 10.0 Å². The van der Waals surface area contributed by atoms with Gasteiger partial charge in [0, 0.05) is 5.02 Å². The molecule has 0 saturated carbocycles. The van der Waals surface area contributed by atoms with Gasteiger partial charge in [0.25, 0.3) is 5.56 Å². The van der Waals surface area contributed by atoms with E-state index in [1.807, 2.05) is 18.2 Å². The van der Waals surface area contributed by atoms with Crippen molar-refractivity contribution < 1.29 is 5.11 Å². The van der Waals surface area contributed by atoms with E-state index in [1.54, 1.807) is 12.1 Å². The first-order valence-electron chi connectivity index (χ1n) is 7.47. The lowest BCUT2D eigenvalue weighted by Crippen LogP contribution is -2.09. The van der Waals surface area contributed by atoms with Crippen LogP contribution < -0.4 is 5.56 Å². The van der Waals surface area contributed by atoms with E-state index in [0.29, 0.717) is 25.8 Å². The number of thioether (sulfide) groups is 1. The molecule has 0 spiro atoms. The van der Waals surface area contributed by atoms with Crippen LogP contribution in [0.5, 0.6) is 5.75 Å². The second-order valence-electron chi connectivity index (χ2n) is 5.38. The largest absolute Gasteiger partial charge is 0.506 e. The van der Waals surface area contributed by atoms with Gasteiger partial charge < -0.3 is 10.1 Å². The summed E-state index contributed by atoms with van der Waals surface area (Å²) < 4.78 is 0. The average Bonchev–Trinajstić information content (AvgIpc) is 2.54. The average molecular weight is 380 g/mol. The minimum absolute atomic E-state index is 0.0832. The highest BCUT2D eigenvalue weighted by Crippen LogP contribution is 2.37. The maximum Gasteiger partial charge on any atom is 0.265 e. The Balaban J connectivity index is 1.78. The number of halogens is 2. The first-order valence-corrected chi connectivity index (χ1v) is 9.21. The lowest BCUT2D eigenvalue weighted by atomic mass is 10.1. The molecule has 0 aliphatic carbocycles. The summed E-state index contributed by atoms with van der Waals surface area (Å²) in [6.45, 7) is 0. The van der Waals surface area contributed by atoms with Crippen LogP contribution in [-0.2, 0) is 6.42 Å². The molecule has 0 aliphatic heterocycles. The molecule has 0 saturated heterocycles. The molecule has 2 aromatic carbocycles. The van der Waals surface area contributed by atoms with Crippen LogP contribution in [0.25, 0.3) is 10.9 Å². The van der Waals surface area contributed by atoms with E-state index in [9.17, 15) is 9.90 Å². The Kier molecular flexibility index (Phi) is 5.39. The minimum Gasteiger partial charge on any atom is -0.506 e. The summed E-state index contributed by atoms with van der Waals surface area (Å²) in [4.78, 5) is 15.2. The molecule has 3 aromatic rings. The lowest BCUT2D eigenvalue weighted by molar-refractivity contribution is 0.467. The molecule has 3 rings (SSSR count). The highest BCUT2D eigenvalue weighted by Gasteiger charge is 2.15. The van der Waals surface area contributed by atoms with Gasteiger partial charge in [0.05, 0.1) is 15.9 Å². The number of aryl methyl sites for hydroxylation is 1. The number of hydrogen-bond donors (Lipinski definition) is 2. The van der Waals surface area contributed by atoms with E-state index < -0.39 is 0 Å². The third-order valence-corrected chi connectivity index (χ3v) is 5.34. The highest BCUT2D eigenvalue weighted by atomic mass is 35.5. The molecule has 1 heterocycles. The van der Waals surface area contributed by atoms with Gasteiger partial charge in [0.2, 0.25) is 0 Å². The zero-order valence-electron chi connectivity index (χ0n) is 12.7. The van der Waals surface area contributed by atoms with Gasteiger partial charge in [-0.05, 0) is 36.3 Å². The number of nitrogens with one attached hydrogen (secondary N) is 1. The van der Waals surface area contributed by atoms with Crippen LogP contribution in [0, 0.1) is 0 Å². The third kappa shape index (κ3) is 3.72. The van der Waals surface area contributed by atoms with E-state index in [4.69, 9.17) is 23.2 Å². The van der Waals surface area contributed by atoms with Crippen LogP contribution in [0.3, 0.4) is 0 Å². The quantitative estimate of drug-likeness (QED) is 0.469. The van der Waals surface area contributed by atoms with Gasteiger partial charge in [0.1, 0.15) is 10.6 Å². The molecule has 124 valence electrons. The SMILES string of the molecule is O=c1[nH]c2cc(Cl)cc(Cl)c2c(O)c1SCCCc1ccccc1. The van der Waals surface area contributed by atoms with Crippen molar-refractivity contribution in [1.82, 2.24) is 4.98 Å². The van der Waals surface area contributed by atoms with Crippen molar-refractivity contribution in [2.45, 2.75) is 17.7 Å². The van der Waals surface area contributed by atoms with Gasteiger partial charge in [-0.1, -0.05) is 53.5 Å². The van der Waals surface area contributed by atoms with Crippen LogP contribution >= 0.6 is 35.0 Å². The molecule has 0 radical (unpaired) electrons. The van der Waals surface area contributed by atoms with Crippen molar-refractivity contribution in [2.75, 3.05) is 5.75 Å². The van der Waals surface area contributed by atoms with E-state index in [2.05, 4.69) is 17.1 Å². The van der Waals surface area contributed by atoms with Crippen LogP contribution in [0.1, 0.15) is 12.0 Å². The third-order valence-electron chi connectivity index (χ3n) is 3.66. The van der Waals surface area contributed by atoms with E-state index >= 15 is 0 Å². The molecular weight excluding hydrogens is 365 g/mol. The normalized spacial score (nSPS) is 11.1. The fourth-order valence-corrected chi connectivity index (χ4v) is 4.04. The van der Waals surface area contributed by atoms with E-state index in [0.717, 1.165) is 18.6 Å². The monoisotopic (exact) mass is 379 g/mol. The molecule has 1 aromatic heterocycles. The Morgan fingerprint density at radius 1 is 1.12 bits per heavy atom. The molecule has 0 bridgehead atoms. The van der Waals surface area contributed by atoms with E-state index in [-0.39, 0.29) is 11.3 Å². The topological polar surface area (TPSA) is 53.1 Å². The van der Waals surface area contributed by atoms with Crippen LogP contribution in [0.15, 0.2) is 52.2 Å². The lowest BCUT2D eigenvalue weighted by Gasteiger charge is -2.09. The smallest absolute Gasteiger partial charge is 0.265 e. The number of benzene rings is 2. The molecule has 0 unspecified atom stereocenters. The van der Waals surface area contributed by atoms with Gasteiger partial charge in [-0.2, -0.15) is 0 Å². The molecule has 2 N–H and O–H groups in total. The molecule has 3 nitrogen and oxygen atoms in total. The molecule has 0 fully saturated rings. The molecule has 0 atom stereocenters. The maximum atomic E-state index is 12.2. The number of aromatic amines is 1. The highest BCUT2D eigenvalue weighted by molar-refractivity contribution is 7.99. The summed E-state index contributed by atoms with van der Waals surface area (Å²) in [6.07, 6.45) is 1.83. The Bertz CT molecular complexity index is 926. The summed E-state index contributed by atoms with van der Waals surface area (Å²) >= 11 is 13.4. The van der Waals surface area contributed by atoms with Gasteiger partial charge in [-0.15, -0.1) is 11.8 Å². The van der Waals surface area contributed by atoms with Crippen molar-refractivity contribution in [1.29, 1.82) is 0 Å². The molecule has 24 heavy (non-hydrogen) atoms. The summed E-state index contributed by atoms with van der Waals surface area (Å²) in [7, 11) is 0. The minimum atomic E-state index is -0.331. The Morgan fingerprint density at radius 2 is 1.88 bits per heavy atom. The van der Waals surface area contributed by atoms with Gasteiger partial charge in [-0.25, -0.2) is 0 Å². The van der Waals surface area contributed by atoms with Crippen LogP contribution in [-0.4, -0.2) is 15.8 Å². The van der Waals surface area contributed by atoms with Gasteiger partial charge in [0.15, 0.2) is 0 Å². The number of rotatable bonds is 5. The van der Waals surface area contributed by atoms with Crippen molar-refractivity contribution in [3.05, 3.63) is 68.4 Å². The van der Waals surface area contributed by atoms with Crippen molar-refractivity contribution >= 4 is 45.9 Å². The molecular formula is C18H15Cl2NO2S. The van der Waals surface area contributed by atoms with Crippen LogP contribution in [0.4, 0.5) is 0 Å². The predicted octanol–water partition coefficient (Wildman–Crippen LogP) is 5.27. The second kappa shape index (κ2) is 7.51. The summed E-state index contributed by atoms with van der Waals surface area (Å²) in [5.74, 6) is 0.641. The first-order chi connectivity index (χ1) is 11.6. The van der Waals surface area contributed by atoms with E-state index in [1.165, 1.54) is 17.3 Å². The summed E-state index contributed by atoms with van der Waals surface area (Å²) in [5.41, 5.74) is 1.36. The first kappa shape index (κ1) is 17.2. The Labute approximate surface area is 153 Å². The Morgan fingerprint density at radius 3 is 2.62 bits per heavy atom.